The maximum atomic E-state index is 11.3. The van der Waals surface area contributed by atoms with Gasteiger partial charge in [-0.15, -0.1) is 0 Å². The molecule has 17 heavy (non-hydrogen) atoms. The Labute approximate surface area is 139 Å². The van der Waals surface area contributed by atoms with Crippen molar-refractivity contribution in [1.29, 1.82) is 0 Å². The van der Waals surface area contributed by atoms with Crippen molar-refractivity contribution in [2.24, 2.45) is 0 Å². The van der Waals surface area contributed by atoms with E-state index in [0.717, 1.165) is 0 Å². The number of phosphoric acid groups is 1. The van der Waals surface area contributed by atoms with Crippen LogP contribution >= 0.6 is 7.82 Å². The number of phosphoric ester groups is 1. The summed E-state index contributed by atoms with van der Waals surface area (Å²) in [5.74, 6) is 0. The van der Waals surface area contributed by atoms with Crippen LogP contribution in [0.2, 0.25) is 0 Å². The molecule has 0 unspecified atom stereocenters. The molecule has 9 nitrogen and oxygen atoms in total. The van der Waals surface area contributed by atoms with Crippen LogP contribution in [0.3, 0.4) is 0 Å². The third kappa shape index (κ3) is 5.20. The van der Waals surface area contributed by atoms with Gasteiger partial charge in [0, 0.05) is 0 Å². The van der Waals surface area contributed by atoms with Gasteiger partial charge in [0.1, 0.15) is 12.2 Å². The molecule has 0 aliphatic carbocycles. The number of aliphatic hydroxyl groups is 3. The molecule has 0 saturated carbocycles. The standard InChI is InChI=1S/C6H12O9P.K/c7-1-2-3(8)4(9)5(10)6(14-2)15-16(11,12)13;/h2-9H,1H2,(H2,11,12,13);/q-1;+1/t2-,3-,4+,5-,6-;/m1./s1. The van der Waals surface area contributed by atoms with E-state index in [-0.39, 0.29) is 51.4 Å². The molecule has 1 saturated heterocycles. The van der Waals surface area contributed by atoms with Gasteiger partial charge in [-0.25, -0.2) is 4.57 Å². The van der Waals surface area contributed by atoms with Crippen LogP contribution < -0.4 is 56.5 Å². The summed E-state index contributed by atoms with van der Waals surface area (Å²) in [7, 11) is -4.95. The summed E-state index contributed by atoms with van der Waals surface area (Å²) < 4.78 is 19.1. The second-order valence-electron chi connectivity index (χ2n) is 3.27. The summed E-state index contributed by atoms with van der Waals surface area (Å²) in [5.41, 5.74) is 0. The predicted octanol–water partition coefficient (Wildman–Crippen LogP) is -6.73. The zero-order valence-electron chi connectivity index (χ0n) is 8.91. The van der Waals surface area contributed by atoms with Crippen LogP contribution in [-0.4, -0.2) is 62.4 Å². The van der Waals surface area contributed by atoms with Crippen LogP contribution in [0.25, 0.3) is 0 Å². The van der Waals surface area contributed by atoms with Gasteiger partial charge in [-0.05, 0) is 6.10 Å². The van der Waals surface area contributed by atoms with Crippen LogP contribution in [0.1, 0.15) is 0 Å². The van der Waals surface area contributed by atoms with E-state index in [4.69, 9.17) is 14.9 Å². The van der Waals surface area contributed by atoms with Gasteiger partial charge in [-0.2, -0.15) is 0 Å². The fraction of sp³-hybridized carbons (Fsp3) is 1.00. The Morgan fingerprint density at radius 1 is 1.29 bits per heavy atom. The monoisotopic (exact) mass is 298 g/mol. The third-order valence-corrected chi connectivity index (χ3v) is 2.55. The molecule has 96 valence electrons. The van der Waals surface area contributed by atoms with Gasteiger partial charge in [0.2, 0.25) is 0 Å². The average Bonchev–Trinajstić information content (AvgIpc) is 2.17. The van der Waals surface area contributed by atoms with Gasteiger partial charge in [-0.1, -0.05) is 0 Å². The van der Waals surface area contributed by atoms with Crippen molar-refractivity contribution >= 4 is 7.82 Å². The minimum Gasteiger partial charge on any atom is -0.846 e. The Kier molecular flexibility index (Phi) is 8.03. The molecule has 5 atom stereocenters. The normalized spacial score (nSPS) is 38.6. The summed E-state index contributed by atoms with van der Waals surface area (Å²) in [4.78, 5) is 16.9. The molecule has 0 spiro atoms. The van der Waals surface area contributed by atoms with Crippen molar-refractivity contribution < 1.29 is 95.4 Å². The van der Waals surface area contributed by atoms with Crippen molar-refractivity contribution in [2.75, 3.05) is 6.61 Å². The second-order valence-corrected chi connectivity index (χ2v) is 4.46. The van der Waals surface area contributed by atoms with E-state index in [1.165, 1.54) is 0 Å². The number of hydrogen-bond donors (Lipinski definition) is 5. The largest absolute Gasteiger partial charge is 1.00 e. The summed E-state index contributed by atoms with van der Waals surface area (Å²) >= 11 is 0. The summed E-state index contributed by atoms with van der Waals surface area (Å²) in [5, 5.41) is 38.5. The zero-order valence-corrected chi connectivity index (χ0v) is 12.9. The smallest absolute Gasteiger partial charge is 0.846 e. The fourth-order valence-corrected chi connectivity index (χ4v) is 1.72. The molecule has 0 aromatic carbocycles. The Hall–Kier alpha value is 1.55. The molecule has 0 aromatic heterocycles. The first kappa shape index (κ1) is 18.5. The summed E-state index contributed by atoms with van der Waals surface area (Å²) in [6, 6.07) is 0. The van der Waals surface area contributed by atoms with Gasteiger partial charge in [0.25, 0.3) is 0 Å². The number of rotatable bonds is 3. The molecule has 1 rings (SSSR count). The Balaban J connectivity index is 0.00000256. The number of hydrogen-bond acceptors (Lipinski definition) is 7. The van der Waals surface area contributed by atoms with E-state index in [1.54, 1.807) is 0 Å². The predicted molar refractivity (Wildman–Crippen MR) is 44.7 cm³/mol. The molecule has 5 N–H and O–H groups in total. The molecule has 1 heterocycles. The van der Waals surface area contributed by atoms with Crippen molar-refractivity contribution in [3.05, 3.63) is 0 Å². The Morgan fingerprint density at radius 3 is 2.24 bits per heavy atom. The quantitative estimate of drug-likeness (QED) is 0.252. The van der Waals surface area contributed by atoms with E-state index in [2.05, 4.69) is 9.26 Å². The molecule has 0 amide bonds. The van der Waals surface area contributed by atoms with Crippen molar-refractivity contribution in [3.63, 3.8) is 0 Å². The van der Waals surface area contributed by atoms with E-state index >= 15 is 0 Å². The maximum Gasteiger partial charge on any atom is 1.00 e. The molecule has 0 radical (unpaired) electrons. The average molecular weight is 298 g/mol. The van der Waals surface area contributed by atoms with E-state index in [1.807, 2.05) is 0 Å². The van der Waals surface area contributed by atoms with Crippen LogP contribution in [0.15, 0.2) is 0 Å². The van der Waals surface area contributed by atoms with Crippen LogP contribution in [0.4, 0.5) is 0 Å². The van der Waals surface area contributed by atoms with Crippen LogP contribution in [0, 0.1) is 0 Å². The van der Waals surface area contributed by atoms with Crippen LogP contribution in [0.5, 0.6) is 0 Å². The maximum absolute atomic E-state index is 11.3. The zero-order chi connectivity index (χ0) is 12.5. The van der Waals surface area contributed by atoms with Crippen molar-refractivity contribution in [2.45, 2.75) is 30.7 Å². The van der Waals surface area contributed by atoms with E-state index in [0.29, 0.717) is 0 Å². The van der Waals surface area contributed by atoms with E-state index in [9.17, 15) is 19.9 Å². The number of ether oxygens (including phenoxy) is 1. The van der Waals surface area contributed by atoms with Gasteiger partial charge in [0.15, 0.2) is 6.29 Å². The summed E-state index contributed by atoms with van der Waals surface area (Å²) in [6.45, 7) is -0.730. The first-order chi connectivity index (χ1) is 7.26. The molecule has 1 fully saturated rings. The second kappa shape index (κ2) is 7.36. The molecule has 0 bridgehead atoms. The first-order valence-electron chi connectivity index (χ1n) is 4.28. The minimum absolute atomic E-state index is 0. The Morgan fingerprint density at radius 2 is 1.82 bits per heavy atom. The van der Waals surface area contributed by atoms with Gasteiger partial charge in [-0.3, -0.25) is 4.52 Å². The van der Waals surface area contributed by atoms with Crippen molar-refractivity contribution in [3.8, 4) is 0 Å². The van der Waals surface area contributed by atoms with Gasteiger partial charge >= 0.3 is 59.2 Å². The topological polar surface area (TPSA) is 160 Å². The van der Waals surface area contributed by atoms with Gasteiger partial charge < -0.3 is 34.9 Å². The SMILES string of the molecule is O=P(O)(O)O[C@H]1O[C@H](CO)[C@@H](O)[C@H](O)[C@H]1[O-].[K+]. The fourth-order valence-electron chi connectivity index (χ4n) is 1.28. The molecular formula is C6H12KO9P. The molecule has 1 aliphatic rings. The molecule has 1 aliphatic heterocycles. The molecule has 11 heteroatoms. The van der Waals surface area contributed by atoms with Gasteiger partial charge in [0.05, 0.1) is 12.7 Å². The molecule has 0 aromatic rings. The minimum atomic E-state index is -4.95. The van der Waals surface area contributed by atoms with Crippen LogP contribution in [-0.2, 0) is 13.8 Å². The molecular weight excluding hydrogens is 286 g/mol. The third-order valence-electron chi connectivity index (χ3n) is 2.07. The van der Waals surface area contributed by atoms with Crippen molar-refractivity contribution in [1.82, 2.24) is 0 Å². The summed E-state index contributed by atoms with van der Waals surface area (Å²) in [6.07, 6.45) is -8.83. The first-order valence-corrected chi connectivity index (χ1v) is 5.81. The number of aliphatic hydroxyl groups excluding tert-OH is 3. The van der Waals surface area contributed by atoms with E-state index < -0.39 is 45.1 Å². The Bertz CT molecular complexity index is 281.